The van der Waals surface area contributed by atoms with Crippen molar-refractivity contribution in [1.29, 1.82) is 0 Å². The van der Waals surface area contributed by atoms with Crippen molar-refractivity contribution in [3.63, 3.8) is 0 Å². The summed E-state index contributed by atoms with van der Waals surface area (Å²) in [5, 5.41) is 11.4. The third-order valence-corrected chi connectivity index (χ3v) is 23.5. The Morgan fingerprint density at radius 2 is 0.609 bits per heavy atom. The normalized spacial score (nSPS) is 16.6. The summed E-state index contributed by atoms with van der Waals surface area (Å²) in [7, 11) is -7.36. The Bertz CT molecular complexity index is 1610. The number of allylic oxidation sites excluding steroid dienone is 4. The Labute approximate surface area is 287 Å². The molecule has 1 aliphatic carbocycles. The van der Waals surface area contributed by atoms with E-state index in [1.807, 2.05) is 0 Å². The highest BCUT2D eigenvalue weighted by Crippen LogP contribution is 2.42. The predicted octanol–water partition coefficient (Wildman–Crippen LogP) is 8.48. The van der Waals surface area contributed by atoms with Crippen LogP contribution in [0, 0.1) is 47.5 Å². The van der Waals surface area contributed by atoms with Crippen molar-refractivity contribution in [3.8, 4) is 0 Å². The van der Waals surface area contributed by atoms with Gasteiger partial charge in [-0.3, -0.25) is 0 Å². The first-order valence-corrected chi connectivity index (χ1v) is 30.1. The summed E-state index contributed by atoms with van der Waals surface area (Å²) in [6.45, 7) is 46.9. The molecule has 0 heterocycles. The van der Waals surface area contributed by atoms with Gasteiger partial charge in [-0.2, -0.15) is 0 Å². The van der Waals surface area contributed by atoms with E-state index in [-0.39, 0.29) is 0 Å². The van der Waals surface area contributed by atoms with Crippen LogP contribution in [-0.4, -0.2) is 32.3 Å². The second-order valence-corrected chi connectivity index (χ2v) is 36.8. The molecular weight excluding hydrogens is 617 g/mol. The zero-order chi connectivity index (χ0) is 35.1. The van der Waals surface area contributed by atoms with Crippen LogP contribution in [0.25, 0.3) is 0 Å². The number of aryl methyl sites for hydroxylation is 6. The largest absolute Gasteiger partial charge is 0.177 e. The van der Waals surface area contributed by atoms with E-state index in [0.717, 1.165) is 0 Å². The van der Waals surface area contributed by atoms with E-state index in [0.29, 0.717) is 5.92 Å². The fourth-order valence-electron chi connectivity index (χ4n) is 8.92. The Balaban J connectivity index is 2.38. The minimum Gasteiger partial charge on any atom is -0.0656 e. The van der Waals surface area contributed by atoms with Crippen molar-refractivity contribution in [3.05, 3.63) is 91.7 Å². The first kappa shape index (κ1) is 36.8. The first-order valence-electron chi connectivity index (χ1n) is 17.6. The van der Waals surface area contributed by atoms with E-state index in [4.69, 9.17) is 0 Å². The molecule has 0 saturated carbocycles. The predicted molar refractivity (Wildman–Crippen MR) is 222 cm³/mol. The maximum atomic E-state index is 2.69. The minimum absolute atomic E-state index is 0.413. The van der Waals surface area contributed by atoms with Crippen LogP contribution in [0.3, 0.4) is 0 Å². The second-order valence-electron chi connectivity index (χ2n) is 18.0. The quantitative estimate of drug-likeness (QED) is 0.174. The topological polar surface area (TPSA) is 0 Å². The second kappa shape index (κ2) is 12.2. The van der Waals surface area contributed by atoms with Crippen molar-refractivity contribution in [2.75, 3.05) is 0 Å². The fourth-order valence-corrected chi connectivity index (χ4v) is 21.3. The minimum atomic E-state index is -2.79. The smallest absolute Gasteiger partial charge is 0.0656 e. The lowest BCUT2D eigenvalue weighted by Crippen LogP contribution is -2.72. The van der Waals surface area contributed by atoms with Gasteiger partial charge in [0.15, 0.2) is 8.07 Å². The van der Waals surface area contributed by atoms with Crippen molar-refractivity contribution >= 4 is 63.4 Å². The van der Waals surface area contributed by atoms with Crippen LogP contribution < -0.4 is 31.1 Å². The monoisotopic (exact) mass is 680 g/mol. The Hall–Kier alpha value is -1.99. The summed E-state index contributed by atoms with van der Waals surface area (Å²) in [6.07, 6.45) is 0. The van der Waals surface area contributed by atoms with Crippen molar-refractivity contribution < 1.29 is 0 Å². The molecule has 0 fully saturated rings. The lowest BCUT2D eigenvalue weighted by Gasteiger charge is -2.43. The van der Waals surface area contributed by atoms with Crippen LogP contribution in [0.1, 0.15) is 61.1 Å². The lowest BCUT2D eigenvalue weighted by molar-refractivity contribution is 0.851. The van der Waals surface area contributed by atoms with E-state index in [9.17, 15) is 0 Å². The van der Waals surface area contributed by atoms with Gasteiger partial charge in [0.2, 0.25) is 0 Å². The van der Waals surface area contributed by atoms with Crippen LogP contribution in [0.2, 0.25) is 58.9 Å². The number of hydrogen-bond acceptors (Lipinski definition) is 0. The number of benzene rings is 3. The number of rotatable bonds is 7. The first-order chi connectivity index (χ1) is 20.9. The van der Waals surface area contributed by atoms with Gasteiger partial charge in [-0.25, -0.2) is 0 Å². The summed E-state index contributed by atoms with van der Waals surface area (Å²) in [5.41, 5.74) is 13.5. The average Bonchev–Trinajstić information content (AvgIpc) is 3.10. The van der Waals surface area contributed by atoms with Gasteiger partial charge >= 0.3 is 0 Å². The summed E-state index contributed by atoms with van der Waals surface area (Å²) in [4.78, 5) is 0. The Kier molecular flexibility index (Phi) is 9.74. The molecule has 0 nitrogen and oxygen atoms in total. The summed E-state index contributed by atoms with van der Waals surface area (Å²) >= 11 is 0. The van der Waals surface area contributed by atoms with E-state index < -0.39 is 32.3 Å². The molecule has 0 spiro atoms. The molecule has 0 aromatic heterocycles. The molecule has 4 heteroatoms. The number of hydrogen-bond donors (Lipinski definition) is 0. The molecule has 248 valence electrons. The molecule has 0 N–H and O–H groups in total. The van der Waals surface area contributed by atoms with Crippen LogP contribution in [0.4, 0.5) is 0 Å². The molecule has 4 rings (SSSR count). The molecule has 46 heavy (non-hydrogen) atoms. The Morgan fingerprint density at radius 3 is 0.826 bits per heavy atom. The van der Waals surface area contributed by atoms with Gasteiger partial charge < -0.3 is 0 Å². The van der Waals surface area contributed by atoms with Crippen molar-refractivity contribution in [2.45, 2.75) is 128 Å². The van der Waals surface area contributed by atoms with Crippen LogP contribution in [-0.2, 0) is 0 Å². The van der Waals surface area contributed by atoms with Gasteiger partial charge in [0.25, 0.3) is 0 Å². The summed E-state index contributed by atoms with van der Waals surface area (Å²) in [6, 6.07) is 15.9. The van der Waals surface area contributed by atoms with E-state index >= 15 is 0 Å². The molecule has 1 aliphatic rings. The molecule has 3 aromatic carbocycles. The van der Waals surface area contributed by atoms with Crippen LogP contribution in [0.5, 0.6) is 0 Å². The maximum Gasteiger partial charge on any atom is 0.177 e. The highest BCUT2D eigenvalue weighted by Gasteiger charge is 2.51. The molecule has 0 bridgehead atoms. The van der Waals surface area contributed by atoms with Crippen LogP contribution >= 0.6 is 0 Å². The highest BCUT2D eigenvalue weighted by atomic mass is 28.3. The van der Waals surface area contributed by atoms with Crippen molar-refractivity contribution in [1.82, 2.24) is 0 Å². The van der Waals surface area contributed by atoms with Gasteiger partial charge in [-0.15, -0.1) is 0 Å². The average molecular weight is 681 g/mol. The van der Waals surface area contributed by atoms with Gasteiger partial charge in [0.1, 0.15) is 0 Å². The molecular formula is C42H64Si4. The molecule has 0 radical (unpaired) electrons. The zero-order valence-corrected chi connectivity index (χ0v) is 37.0. The SMILES string of the molecule is CC1=C(C)C(C)C([Si](c2cc(C)c([Si](C)(C)C)cc2C)(c2cc(C)c([Si](C)(C)C)cc2C)c2cc(C)c([Si](C)(C)C)cc2C)=C1C. The third-order valence-electron chi connectivity index (χ3n) is 11.4. The zero-order valence-electron chi connectivity index (χ0n) is 33.0. The van der Waals surface area contributed by atoms with Gasteiger partial charge in [0, 0.05) is 0 Å². The van der Waals surface area contributed by atoms with Crippen LogP contribution in [0.15, 0.2) is 58.3 Å². The summed E-state index contributed by atoms with van der Waals surface area (Å²) < 4.78 is 0. The molecule has 3 aromatic rings. The molecule has 0 saturated heterocycles. The van der Waals surface area contributed by atoms with Crippen molar-refractivity contribution in [2.24, 2.45) is 5.92 Å². The third kappa shape index (κ3) is 6.06. The van der Waals surface area contributed by atoms with Gasteiger partial charge in [-0.1, -0.05) is 168 Å². The van der Waals surface area contributed by atoms with Gasteiger partial charge in [-0.05, 0) is 89.4 Å². The highest BCUT2D eigenvalue weighted by molar-refractivity contribution is 7.17. The van der Waals surface area contributed by atoms with E-state index in [1.54, 1.807) is 47.5 Å². The Morgan fingerprint density at radius 1 is 0.370 bits per heavy atom. The molecule has 1 unspecified atom stereocenters. The molecule has 1 atom stereocenters. The molecule has 0 amide bonds. The van der Waals surface area contributed by atoms with E-state index in [1.165, 1.54) is 39.0 Å². The standard InChI is InChI=1S/C42H64Si4/c1-26-23-39(29(4)20-36(26)43(11,12)13)46(42-34(9)32(7)33(8)35(42)10,40-24-27(2)37(21-30(40)5)44(14,15)16)41-25-28(3)38(22-31(41)6)45(17,18)19/h20-25,34H,1-19H3. The summed E-state index contributed by atoms with van der Waals surface area (Å²) in [5.74, 6) is 0.413. The fraction of sp³-hybridized carbons (Fsp3) is 0.476. The maximum absolute atomic E-state index is 2.79. The van der Waals surface area contributed by atoms with Gasteiger partial charge in [0.05, 0.1) is 24.2 Å². The molecule has 0 aliphatic heterocycles. The van der Waals surface area contributed by atoms with E-state index in [2.05, 4.69) is 165 Å². The lowest BCUT2D eigenvalue weighted by atomic mass is 10.1.